The van der Waals surface area contributed by atoms with Crippen LogP contribution in [0.15, 0.2) is 0 Å². The SMILES string of the molecule is C[C@@H]1C[C@H]([C@H](C)C(C)(C)O)O[C@]2(C)C1[C@@]1(C)CC[C@]34[C@@H](CCC5C(C)(C)[C@@H](O[C@]6(C)OC[C@H](O)[C@H](O)[C@H]6C)CC[C@@]53[C@H]4C)[C@]1(C)[C@H]2O. The molecule has 47 heavy (non-hydrogen) atoms. The summed E-state index contributed by atoms with van der Waals surface area (Å²) in [5, 5.41) is 44.8. The highest BCUT2D eigenvalue weighted by molar-refractivity contribution is 5.36. The lowest BCUT2D eigenvalue weighted by Gasteiger charge is -2.64. The molecule has 4 N–H and O–H groups in total. The van der Waals surface area contributed by atoms with Crippen LogP contribution >= 0.6 is 0 Å². The third-order valence-corrected chi connectivity index (χ3v) is 18.2. The van der Waals surface area contributed by atoms with Crippen molar-refractivity contribution in [3.8, 4) is 0 Å². The molecule has 2 spiro atoms. The molecule has 0 radical (unpaired) electrons. The van der Waals surface area contributed by atoms with Crippen LogP contribution in [0.5, 0.6) is 0 Å². The van der Waals surface area contributed by atoms with Gasteiger partial charge in [0.1, 0.15) is 6.10 Å². The largest absolute Gasteiger partial charge is 0.390 e. The number of ether oxygens (including phenoxy) is 3. The molecule has 7 rings (SSSR count). The maximum atomic E-state index is 12.8. The highest BCUT2D eigenvalue weighted by Gasteiger charge is 2.89. The maximum absolute atomic E-state index is 12.8. The Morgan fingerprint density at radius 1 is 0.851 bits per heavy atom. The standard InChI is InChI=1S/C40H68O7/c1-21-19-26(22(2)34(7,8)44)46-37(11)31(21)35(9)17-18-40-24(4)39(40)16-15-29(47-38(12)23(3)30(42)25(41)20-45-38)33(5,6)27(39)13-14-28(40)36(35,10)32(37)43/h21-32,41-44H,13-20H2,1-12H3/t21-,22+,23-,24-,25+,26-,27?,28+,29+,30-,31?,32-,35-,36-,37-,38+,39-,40+/m1/s1. The van der Waals surface area contributed by atoms with Crippen molar-refractivity contribution in [2.24, 2.45) is 68.5 Å². The first kappa shape index (κ1) is 35.1. The van der Waals surface area contributed by atoms with Crippen molar-refractivity contribution in [3.05, 3.63) is 0 Å². The zero-order valence-corrected chi connectivity index (χ0v) is 31.6. The molecule has 0 bridgehead atoms. The Balaban J connectivity index is 1.20. The van der Waals surface area contributed by atoms with E-state index in [0.29, 0.717) is 23.7 Å². The third-order valence-electron chi connectivity index (χ3n) is 18.2. The van der Waals surface area contributed by atoms with Crippen LogP contribution in [0.25, 0.3) is 0 Å². The summed E-state index contributed by atoms with van der Waals surface area (Å²) in [6, 6.07) is 0. The molecule has 7 heteroatoms. The van der Waals surface area contributed by atoms with Crippen molar-refractivity contribution in [2.45, 2.75) is 176 Å². The van der Waals surface area contributed by atoms with Crippen molar-refractivity contribution in [2.75, 3.05) is 6.61 Å². The number of rotatable bonds is 4. The van der Waals surface area contributed by atoms with E-state index >= 15 is 0 Å². The van der Waals surface area contributed by atoms with Gasteiger partial charge >= 0.3 is 0 Å². The smallest absolute Gasteiger partial charge is 0.171 e. The molecule has 270 valence electrons. The van der Waals surface area contributed by atoms with Gasteiger partial charge in [-0.25, -0.2) is 0 Å². The van der Waals surface area contributed by atoms with E-state index in [-0.39, 0.29) is 63.6 Å². The van der Waals surface area contributed by atoms with Crippen LogP contribution in [0, 0.1) is 68.5 Å². The van der Waals surface area contributed by atoms with Gasteiger partial charge in [0.25, 0.3) is 0 Å². The quantitative estimate of drug-likeness (QED) is 0.261. The Labute approximate surface area is 284 Å². The fraction of sp³-hybridized carbons (Fsp3) is 1.00. The number of hydrogen-bond donors (Lipinski definition) is 4. The zero-order valence-electron chi connectivity index (χ0n) is 31.6. The van der Waals surface area contributed by atoms with Crippen molar-refractivity contribution >= 4 is 0 Å². The number of fused-ring (bicyclic) bond motifs is 4. The molecule has 0 aromatic heterocycles. The van der Waals surface area contributed by atoms with Gasteiger partial charge in [-0.15, -0.1) is 0 Å². The molecule has 7 aliphatic rings. The first-order valence-corrected chi connectivity index (χ1v) is 19.3. The van der Waals surface area contributed by atoms with Crippen LogP contribution in [0.2, 0.25) is 0 Å². The van der Waals surface area contributed by atoms with Crippen LogP contribution in [0.4, 0.5) is 0 Å². The molecule has 0 aromatic rings. The van der Waals surface area contributed by atoms with Gasteiger partial charge in [-0.05, 0) is 124 Å². The van der Waals surface area contributed by atoms with Gasteiger partial charge in [-0.3, -0.25) is 0 Å². The molecule has 2 saturated heterocycles. The summed E-state index contributed by atoms with van der Waals surface area (Å²) in [4.78, 5) is 0. The van der Waals surface area contributed by atoms with Gasteiger partial charge in [0.05, 0.1) is 42.2 Å². The van der Waals surface area contributed by atoms with E-state index in [1.54, 1.807) is 0 Å². The average molecular weight is 661 g/mol. The molecule has 18 atom stereocenters. The summed E-state index contributed by atoms with van der Waals surface area (Å²) in [6.07, 6.45) is 5.21. The van der Waals surface area contributed by atoms with Crippen LogP contribution in [0.3, 0.4) is 0 Å². The average Bonchev–Trinajstić information content (AvgIpc) is 3.47. The Morgan fingerprint density at radius 2 is 1.47 bits per heavy atom. The van der Waals surface area contributed by atoms with E-state index in [1.165, 1.54) is 6.42 Å². The lowest BCUT2D eigenvalue weighted by atomic mass is 9.41. The highest BCUT2D eigenvalue weighted by Crippen LogP contribution is 2.92. The summed E-state index contributed by atoms with van der Waals surface area (Å²) < 4.78 is 20.2. The zero-order chi connectivity index (χ0) is 34.7. The number of hydrogen-bond acceptors (Lipinski definition) is 7. The minimum Gasteiger partial charge on any atom is -0.390 e. The normalized spacial score (nSPS) is 60.4. The Kier molecular flexibility index (Phi) is 7.62. The first-order valence-electron chi connectivity index (χ1n) is 19.3. The van der Waals surface area contributed by atoms with Crippen LogP contribution < -0.4 is 0 Å². The van der Waals surface area contributed by atoms with Gasteiger partial charge in [-0.2, -0.15) is 0 Å². The van der Waals surface area contributed by atoms with Gasteiger partial charge in [0.15, 0.2) is 5.79 Å². The fourth-order valence-electron chi connectivity index (χ4n) is 15.3. The lowest BCUT2D eigenvalue weighted by molar-refractivity contribution is -0.344. The molecule has 7 fully saturated rings. The van der Waals surface area contributed by atoms with E-state index in [9.17, 15) is 20.4 Å². The molecule has 5 saturated carbocycles. The first-order chi connectivity index (χ1) is 21.5. The van der Waals surface area contributed by atoms with Crippen molar-refractivity contribution in [1.29, 1.82) is 0 Å². The van der Waals surface area contributed by atoms with Crippen molar-refractivity contribution in [3.63, 3.8) is 0 Å². The molecular formula is C40H68O7. The third kappa shape index (κ3) is 4.00. The molecule has 7 nitrogen and oxygen atoms in total. The molecule has 2 aliphatic heterocycles. The summed E-state index contributed by atoms with van der Waals surface area (Å²) in [5.74, 6) is 0.911. The van der Waals surface area contributed by atoms with E-state index in [1.807, 2.05) is 27.7 Å². The van der Waals surface area contributed by atoms with Gasteiger partial charge in [0.2, 0.25) is 0 Å². The summed E-state index contributed by atoms with van der Waals surface area (Å²) in [5.41, 5.74) is -1.42. The van der Waals surface area contributed by atoms with Crippen LogP contribution in [-0.4, -0.2) is 74.5 Å². The van der Waals surface area contributed by atoms with Crippen molar-refractivity contribution < 1.29 is 34.6 Å². The topological polar surface area (TPSA) is 109 Å². The molecule has 2 unspecified atom stereocenters. The molecule has 0 amide bonds. The summed E-state index contributed by atoms with van der Waals surface area (Å²) in [6.45, 7) is 26.8. The Morgan fingerprint density at radius 3 is 2.11 bits per heavy atom. The summed E-state index contributed by atoms with van der Waals surface area (Å²) >= 11 is 0. The van der Waals surface area contributed by atoms with Crippen molar-refractivity contribution in [1.82, 2.24) is 0 Å². The number of aliphatic hydroxyl groups excluding tert-OH is 3. The van der Waals surface area contributed by atoms with E-state index < -0.39 is 35.3 Å². The fourth-order valence-corrected chi connectivity index (χ4v) is 15.3. The molecular weight excluding hydrogens is 592 g/mol. The lowest BCUT2D eigenvalue weighted by Crippen LogP contribution is -2.62. The second kappa shape index (κ2) is 10.2. The Hall–Kier alpha value is -0.280. The van der Waals surface area contributed by atoms with Gasteiger partial charge in [0, 0.05) is 17.3 Å². The van der Waals surface area contributed by atoms with Gasteiger partial charge in [-0.1, -0.05) is 55.4 Å². The maximum Gasteiger partial charge on any atom is 0.171 e. The predicted molar refractivity (Wildman–Crippen MR) is 181 cm³/mol. The van der Waals surface area contributed by atoms with E-state index in [2.05, 4.69) is 55.4 Å². The molecule has 2 heterocycles. The van der Waals surface area contributed by atoms with E-state index in [4.69, 9.17) is 14.2 Å². The number of aliphatic hydroxyl groups is 4. The second-order valence-corrected chi connectivity index (χ2v) is 20.2. The van der Waals surface area contributed by atoms with Crippen LogP contribution in [0.1, 0.15) is 128 Å². The highest BCUT2D eigenvalue weighted by atomic mass is 16.7. The van der Waals surface area contributed by atoms with E-state index in [0.717, 1.165) is 38.5 Å². The molecule has 5 aliphatic carbocycles. The summed E-state index contributed by atoms with van der Waals surface area (Å²) in [7, 11) is 0. The predicted octanol–water partition coefficient (Wildman–Crippen LogP) is 6.33. The minimum atomic E-state index is -0.938. The minimum absolute atomic E-state index is 0.00154. The Bertz CT molecular complexity index is 1260. The van der Waals surface area contributed by atoms with Gasteiger partial charge < -0.3 is 34.6 Å². The monoisotopic (exact) mass is 660 g/mol. The molecule has 0 aromatic carbocycles. The second-order valence-electron chi connectivity index (χ2n) is 20.2. The van der Waals surface area contributed by atoms with Crippen LogP contribution in [-0.2, 0) is 14.2 Å².